The number of hydrogen-bond acceptors (Lipinski definition) is 3. The highest BCUT2D eigenvalue weighted by atomic mass is 32.1. The van der Waals surface area contributed by atoms with E-state index in [2.05, 4.69) is 132 Å². The number of fused-ring (bicyclic) bond motifs is 6. The average Bonchev–Trinajstić information content (AvgIpc) is 3.64. The minimum absolute atomic E-state index is 0.747. The van der Waals surface area contributed by atoms with Crippen molar-refractivity contribution in [2.45, 2.75) is 12.8 Å². The zero-order chi connectivity index (χ0) is 29.0. The monoisotopic (exact) mass is 581 g/mol. The van der Waals surface area contributed by atoms with Gasteiger partial charge in [0.05, 0.1) is 22.4 Å². The van der Waals surface area contributed by atoms with E-state index in [-0.39, 0.29) is 0 Å². The van der Waals surface area contributed by atoms with Crippen LogP contribution in [0, 0.1) is 0 Å². The zero-order valence-electron chi connectivity index (χ0n) is 23.9. The molecule has 0 radical (unpaired) electrons. The van der Waals surface area contributed by atoms with Crippen molar-refractivity contribution < 1.29 is 0 Å². The van der Waals surface area contributed by atoms with Gasteiger partial charge in [-0.2, -0.15) is 0 Å². The molecule has 3 aromatic heterocycles. The van der Waals surface area contributed by atoms with Crippen LogP contribution >= 0.6 is 11.3 Å². The molecule has 0 N–H and O–H groups in total. The number of aromatic nitrogens is 3. The van der Waals surface area contributed by atoms with E-state index in [4.69, 9.17) is 9.97 Å². The van der Waals surface area contributed by atoms with Crippen molar-refractivity contribution in [1.82, 2.24) is 14.5 Å². The molecule has 0 bridgehead atoms. The third kappa shape index (κ3) is 4.03. The Morgan fingerprint density at radius 3 is 1.75 bits per heavy atom. The maximum Gasteiger partial charge on any atom is 0.161 e. The maximum absolute atomic E-state index is 5.27. The molecule has 9 rings (SSSR count). The van der Waals surface area contributed by atoms with Crippen LogP contribution < -0.4 is 9.75 Å². The SMILES string of the molecule is C1=c2sc3c(-c4nc(-c5ccccc5)cc(-c5ccccc5)n4)cc(-n4c5ccccc5c5ccccc54)cc3c2=CCC1. The maximum atomic E-state index is 5.27. The summed E-state index contributed by atoms with van der Waals surface area (Å²) >= 11 is 1.86. The predicted octanol–water partition coefficient (Wildman–Crippen LogP) is 9.14. The van der Waals surface area contributed by atoms with E-state index < -0.39 is 0 Å². The summed E-state index contributed by atoms with van der Waals surface area (Å²) < 4.78 is 4.98. The molecule has 3 nitrogen and oxygen atoms in total. The molecule has 208 valence electrons. The Hall–Kier alpha value is -5.32. The second-order valence-corrected chi connectivity index (χ2v) is 12.4. The van der Waals surface area contributed by atoms with Gasteiger partial charge in [0.1, 0.15) is 0 Å². The fraction of sp³-hybridized carbons (Fsp3) is 0.0500. The van der Waals surface area contributed by atoms with Crippen LogP contribution in [0.2, 0.25) is 0 Å². The van der Waals surface area contributed by atoms with Crippen LogP contribution in [0.15, 0.2) is 127 Å². The molecule has 0 saturated heterocycles. The summed E-state index contributed by atoms with van der Waals surface area (Å²) in [5.74, 6) is 0.747. The normalized spacial score (nSPS) is 12.7. The molecule has 3 heterocycles. The standard InChI is InChI=1S/C40H27N3S/c1-3-13-26(14-4-1)34-25-35(27-15-5-2-6-16-27)42-40(41-34)33-24-28(23-32-31-19-9-12-22-38(31)44-39(32)33)43-36-20-10-7-17-29(36)30-18-8-11-21-37(30)43/h1-8,10-11,13-25H,9,12H2. The lowest BCUT2D eigenvalue weighted by atomic mass is 10.0. The Labute approximate surface area is 258 Å². The number of thiophene rings is 1. The Morgan fingerprint density at radius 1 is 0.545 bits per heavy atom. The summed E-state index contributed by atoms with van der Waals surface area (Å²) in [6.07, 6.45) is 6.93. The van der Waals surface area contributed by atoms with Gasteiger partial charge in [-0.1, -0.05) is 109 Å². The molecule has 0 unspecified atom stereocenters. The predicted molar refractivity (Wildman–Crippen MR) is 185 cm³/mol. The number of hydrogen-bond donors (Lipinski definition) is 0. The van der Waals surface area contributed by atoms with Crippen LogP contribution in [0.1, 0.15) is 12.8 Å². The van der Waals surface area contributed by atoms with E-state index in [1.165, 1.54) is 41.6 Å². The van der Waals surface area contributed by atoms with Crippen LogP contribution in [0.3, 0.4) is 0 Å². The van der Waals surface area contributed by atoms with Crippen molar-refractivity contribution in [3.8, 4) is 39.6 Å². The van der Waals surface area contributed by atoms with E-state index in [0.717, 1.165) is 52.4 Å². The molecule has 44 heavy (non-hydrogen) atoms. The molecule has 1 aliphatic carbocycles. The van der Waals surface area contributed by atoms with Gasteiger partial charge >= 0.3 is 0 Å². The molecule has 8 aromatic rings. The van der Waals surface area contributed by atoms with Crippen LogP contribution in [-0.4, -0.2) is 14.5 Å². The van der Waals surface area contributed by atoms with Crippen molar-refractivity contribution >= 4 is 55.4 Å². The average molecular weight is 582 g/mol. The van der Waals surface area contributed by atoms with Gasteiger partial charge in [-0.05, 0) is 48.4 Å². The van der Waals surface area contributed by atoms with Gasteiger partial charge in [-0.25, -0.2) is 9.97 Å². The topological polar surface area (TPSA) is 30.7 Å². The summed E-state index contributed by atoms with van der Waals surface area (Å²) in [5, 5.41) is 5.12. The van der Waals surface area contributed by atoms with Gasteiger partial charge in [0.25, 0.3) is 0 Å². The minimum Gasteiger partial charge on any atom is -0.309 e. The van der Waals surface area contributed by atoms with E-state index in [9.17, 15) is 0 Å². The summed E-state index contributed by atoms with van der Waals surface area (Å²) in [6, 6.07) is 45.1. The third-order valence-corrected chi connectivity index (χ3v) is 9.88. The second-order valence-electron chi connectivity index (χ2n) is 11.3. The second kappa shape index (κ2) is 10.1. The molecule has 0 aliphatic heterocycles. The Balaban J connectivity index is 1.40. The lowest BCUT2D eigenvalue weighted by Gasteiger charge is -2.13. The Morgan fingerprint density at radius 2 is 1.11 bits per heavy atom. The fourth-order valence-electron chi connectivity index (χ4n) is 6.60. The molecule has 0 fully saturated rings. The van der Waals surface area contributed by atoms with Gasteiger partial charge in [-0.15, -0.1) is 11.3 Å². The number of benzene rings is 5. The van der Waals surface area contributed by atoms with E-state index in [1.807, 2.05) is 23.5 Å². The van der Waals surface area contributed by atoms with Crippen molar-refractivity contribution in [1.29, 1.82) is 0 Å². The van der Waals surface area contributed by atoms with Crippen molar-refractivity contribution in [3.63, 3.8) is 0 Å². The van der Waals surface area contributed by atoms with Gasteiger partial charge in [-0.3, -0.25) is 0 Å². The van der Waals surface area contributed by atoms with Gasteiger partial charge < -0.3 is 4.57 Å². The largest absolute Gasteiger partial charge is 0.309 e. The van der Waals surface area contributed by atoms with E-state index in [0.29, 0.717) is 0 Å². The molecule has 0 atom stereocenters. The number of para-hydroxylation sites is 2. The molecule has 0 saturated carbocycles. The first kappa shape index (κ1) is 25.2. The van der Waals surface area contributed by atoms with Gasteiger partial charge in [0.15, 0.2) is 5.82 Å². The quantitative estimate of drug-likeness (QED) is 0.208. The summed E-state index contributed by atoms with van der Waals surface area (Å²) in [5.41, 5.74) is 8.58. The lowest BCUT2D eigenvalue weighted by Crippen LogP contribution is -2.20. The first-order valence-corrected chi connectivity index (χ1v) is 15.9. The van der Waals surface area contributed by atoms with Gasteiger partial charge in [0, 0.05) is 47.8 Å². The summed E-state index contributed by atoms with van der Waals surface area (Å²) in [4.78, 5) is 10.5. The molecular formula is C40H27N3S. The molecule has 0 spiro atoms. The van der Waals surface area contributed by atoms with Crippen LogP contribution in [0.25, 0.3) is 83.6 Å². The highest BCUT2D eigenvalue weighted by Crippen LogP contribution is 2.37. The minimum atomic E-state index is 0.747. The first-order valence-electron chi connectivity index (χ1n) is 15.1. The number of nitrogens with zero attached hydrogens (tertiary/aromatic N) is 3. The van der Waals surface area contributed by atoms with Crippen molar-refractivity contribution in [3.05, 3.63) is 137 Å². The molecule has 1 aliphatic rings. The third-order valence-electron chi connectivity index (χ3n) is 8.63. The highest BCUT2D eigenvalue weighted by Gasteiger charge is 2.19. The van der Waals surface area contributed by atoms with Crippen LogP contribution in [-0.2, 0) is 0 Å². The van der Waals surface area contributed by atoms with Crippen LogP contribution in [0.5, 0.6) is 0 Å². The molecular weight excluding hydrogens is 555 g/mol. The van der Waals surface area contributed by atoms with Crippen LogP contribution in [0.4, 0.5) is 0 Å². The lowest BCUT2D eigenvalue weighted by molar-refractivity contribution is 1.13. The highest BCUT2D eigenvalue weighted by molar-refractivity contribution is 7.17. The smallest absolute Gasteiger partial charge is 0.161 e. The van der Waals surface area contributed by atoms with Crippen molar-refractivity contribution in [2.24, 2.45) is 0 Å². The van der Waals surface area contributed by atoms with E-state index >= 15 is 0 Å². The number of rotatable bonds is 4. The molecule has 5 aromatic carbocycles. The molecule has 0 amide bonds. The van der Waals surface area contributed by atoms with E-state index in [1.54, 1.807) is 0 Å². The Bertz CT molecular complexity index is 2380. The zero-order valence-corrected chi connectivity index (χ0v) is 24.8. The summed E-state index contributed by atoms with van der Waals surface area (Å²) in [6.45, 7) is 0. The summed E-state index contributed by atoms with van der Waals surface area (Å²) in [7, 11) is 0. The van der Waals surface area contributed by atoms with Gasteiger partial charge in [0.2, 0.25) is 0 Å². The van der Waals surface area contributed by atoms with Crippen molar-refractivity contribution in [2.75, 3.05) is 0 Å². The fourth-order valence-corrected chi connectivity index (χ4v) is 7.87. The Kier molecular flexibility index (Phi) is 5.81. The first-order chi connectivity index (χ1) is 21.8. The molecule has 4 heteroatoms.